The Kier molecular flexibility index (Phi) is 6.70. The molecular formula is C12H25NS. The highest BCUT2D eigenvalue weighted by Crippen LogP contribution is 2.16. The van der Waals surface area contributed by atoms with E-state index in [1.54, 1.807) is 0 Å². The van der Waals surface area contributed by atoms with Crippen molar-refractivity contribution in [2.75, 3.05) is 18.1 Å². The minimum Gasteiger partial charge on any atom is -0.314 e. The molecule has 0 aromatic heterocycles. The second-order valence-corrected chi connectivity index (χ2v) is 5.67. The predicted molar refractivity (Wildman–Crippen MR) is 67.0 cm³/mol. The molecule has 14 heavy (non-hydrogen) atoms. The molecule has 1 saturated heterocycles. The van der Waals surface area contributed by atoms with Crippen LogP contribution in [-0.4, -0.2) is 24.1 Å². The van der Waals surface area contributed by atoms with E-state index in [0.29, 0.717) is 0 Å². The summed E-state index contributed by atoms with van der Waals surface area (Å²) in [5.41, 5.74) is 0. The number of piperidine rings is 1. The van der Waals surface area contributed by atoms with Gasteiger partial charge >= 0.3 is 0 Å². The van der Waals surface area contributed by atoms with Gasteiger partial charge in [0.2, 0.25) is 0 Å². The first-order chi connectivity index (χ1) is 6.83. The average molecular weight is 215 g/mol. The smallest absolute Gasteiger partial charge is 0.00749 e. The van der Waals surface area contributed by atoms with E-state index in [0.717, 1.165) is 12.0 Å². The summed E-state index contributed by atoms with van der Waals surface area (Å²) >= 11 is 2.14. The third-order valence-corrected chi connectivity index (χ3v) is 4.45. The van der Waals surface area contributed by atoms with Gasteiger partial charge in [0, 0.05) is 6.04 Å². The summed E-state index contributed by atoms with van der Waals surface area (Å²) in [6.07, 6.45) is 6.93. The number of hydrogen-bond donors (Lipinski definition) is 1. The molecule has 0 amide bonds. The summed E-state index contributed by atoms with van der Waals surface area (Å²) in [5, 5.41) is 3.61. The maximum Gasteiger partial charge on any atom is 0.00749 e. The van der Waals surface area contributed by atoms with E-state index < -0.39 is 0 Å². The Hall–Kier alpha value is 0.310. The second-order valence-electron chi connectivity index (χ2n) is 4.52. The van der Waals surface area contributed by atoms with Crippen LogP contribution in [0, 0.1) is 5.92 Å². The first-order valence-electron chi connectivity index (χ1n) is 6.14. The monoisotopic (exact) mass is 215 g/mol. The fourth-order valence-electron chi connectivity index (χ4n) is 1.80. The van der Waals surface area contributed by atoms with Crippen molar-refractivity contribution < 1.29 is 0 Å². The molecule has 1 aliphatic rings. The zero-order chi connectivity index (χ0) is 10.2. The Morgan fingerprint density at radius 3 is 2.93 bits per heavy atom. The van der Waals surface area contributed by atoms with Crippen LogP contribution in [0.4, 0.5) is 0 Å². The average Bonchev–Trinajstić information content (AvgIpc) is 2.25. The molecule has 0 spiro atoms. The highest BCUT2D eigenvalue weighted by Gasteiger charge is 2.11. The second kappa shape index (κ2) is 7.58. The fraction of sp³-hybridized carbons (Fsp3) is 1.00. The molecule has 2 atom stereocenters. The minimum absolute atomic E-state index is 0.827. The summed E-state index contributed by atoms with van der Waals surface area (Å²) in [5.74, 6) is 3.60. The van der Waals surface area contributed by atoms with Gasteiger partial charge < -0.3 is 5.32 Å². The highest BCUT2D eigenvalue weighted by atomic mass is 32.2. The highest BCUT2D eigenvalue weighted by molar-refractivity contribution is 7.99. The van der Waals surface area contributed by atoms with Crippen LogP contribution < -0.4 is 5.32 Å². The number of rotatable bonds is 6. The van der Waals surface area contributed by atoms with Gasteiger partial charge in [0.1, 0.15) is 0 Å². The van der Waals surface area contributed by atoms with E-state index in [1.807, 2.05) is 0 Å². The van der Waals surface area contributed by atoms with E-state index in [1.165, 1.54) is 50.2 Å². The lowest BCUT2D eigenvalue weighted by atomic mass is 10.0. The van der Waals surface area contributed by atoms with Crippen molar-refractivity contribution in [3.8, 4) is 0 Å². The van der Waals surface area contributed by atoms with Crippen molar-refractivity contribution in [1.29, 1.82) is 0 Å². The molecule has 0 aliphatic carbocycles. The Bertz CT molecular complexity index is 132. The molecule has 84 valence electrons. The molecule has 0 aromatic rings. The van der Waals surface area contributed by atoms with Crippen LogP contribution in [0.3, 0.4) is 0 Å². The van der Waals surface area contributed by atoms with E-state index in [-0.39, 0.29) is 0 Å². The maximum atomic E-state index is 3.61. The van der Waals surface area contributed by atoms with Crippen molar-refractivity contribution in [3.05, 3.63) is 0 Å². The van der Waals surface area contributed by atoms with Gasteiger partial charge in [-0.3, -0.25) is 0 Å². The largest absolute Gasteiger partial charge is 0.314 e. The summed E-state index contributed by atoms with van der Waals surface area (Å²) in [6, 6.07) is 0.827. The van der Waals surface area contributed by atoms with Crippen LogP contribution in [-0.2, 0) is 0 Å². The van der Waals surface area contributed by atoms with Crippen LogP contribution in [0.1, 0.15) is 46.0 Å². The lowest BCUT2D eigenvalue weighted by Crippen LogP contribution is -2.34. The van der Waals surface area contributed by atoms with Crippen molar-refractivity contribution in [1.82, 2.24) is 5.32 Å². The fourth-order valence-corrected chi connectivity index (χ4v) is 3.05. The normalized spacial score (nSPS) is 24.9. The molecule has 1 rings (SSSR count). The number of hydrogen-bond acceptors (Lipinski definition) is 2. The Morgan fingerprint density at radius 2 is 2.29 bits per heavy atom. The van der Waals surface area contributed by atoms with Crippen molar-refractivity contribution in [3.63, 3.8) is 0 Å². The molecule has 1 N–H and O–H groups in total. The van der Waals surface area contributed by atoms with Crippen LogP contribution in [0.25, 0.3) is 0 Å². The summed E-state index contributed by atoms with van der Waals surface area (Å²) in [7, 11) is 0. The van der Waals surface area contributed by atoms with Gasteiger partial charge in [-0.1, -0.05) is 26.7 Å². The Labute approximate surface area is 93.4 Å². The molecule has 1 heterocycles. The standard InChI is InChI=1S/C12H25NS/c1-3-11(2)10-14-9-7-12-6-4-5-8-13-12/h11-13H,3-10H2,1-2H3. The van der Waals surface area contributed by atoms with Gasteiger partial charge in [-0.25, -0.2) is 0 Å². The summed E-state index contributed by atoms with van der Waals surface area (Å²) < 4.78 is 0. The third kappa shape index (κ3) is 5.26. The van der Waals surface area contributed by atoms with Crippen molar-refractivity contribution in [2.45, 2.75) is 52.0 Å². The molecule has 2 heteroatoms. The van der Waals surface area contributed by atoms with E-state index in [9.17, 15) is 0 Å². The van der Waals surface area contributed by atoms with Crippen molar-refractivity contribution in [2.24, 2.45) is 5.92 Å². The lowest BCUT2D eigenvalue weighted by molar-refractivity contribution is 0.394. The van der Waals surface area contributed by atoms with Crippen LogP contribution in [0.2, 0.25) is 0 Å². The number of nitrogens with one attached hydrogen (secondary N) is 1. The van der Waals surface area contributed by atoms with Crippen LogP contribution >= 0.6 is 11.8 Å². The summed E-state index contributed by atoms with van der Waals surface area (Å²) in [6.45, 7) is 5.89. The molecule has 0 aromatic carbocycles. The van der Waals surface area contributed by atoms with Gasteiger partial charge in [0.05, 0.1) is 0 Å². The van der Waals surface area contributed by atoms with Crippen LogP contribution in [0.5, 0.6) is 0 Å². The SMILES string of the molecule is CCC(C)CSCCC1CCCCN1. The quantitative estimate of drug-likeness (QED) is 0.682. The van der Waals surface area contributed by atoms with Gasteiger partial charge in [-0.15, -0.1) is 0 Å². The summed E-state index contributed by atoms with van der Waals surface area (Å²) in [4.78, 5) is 0. The Morgan fingerprint density at radius 1 is 1.43 bits per heavy atom. The first-order valence-corrected chi connectivity index (χ1v) is 7.29. The van der Waals surface area contributed by atoms with E-state index >= 15 is 0 Å². The molecular weight excluding hydrogens is 190 g/mol. The molecule has 1 fully saturated rings. The molecule has 0 saturated carbocycles. The topological polar surface area (TPSA) is 12.0 Å². The Balaban J connectivity index is 1.92. The van der Waals surface area contributed by atoms with Gasteiger partial charge in [-0.05, 0) is 43.2 Å². The van der Waals surface area contributed by atoms with E-state index in [4.69, 9.17) is 0 Å². The van der Waals surface area contributed by atoms with Crippen molar-refractivity contribution >= 4 is 11.8 Å². The number of thioether (sulfide) groups is 1. The van der Waals surface area contributed by atoms with Gasteiger partial charge in [0.15, 0.2) is 0 Å². The third-order valence-electron chi connectivity index (χ3n) is 3.12. The maximum absolute atomic E-state index is 3.61. The molecule has 1 nitrogen and oxygen atoms in total. The molecule has 1 aliphatic heterocycles. The first kappa shape index (κ1) is 12.4. The van der Waals surface area contributed by atoms with E-state index in [2.05, 4.69) is 30.9 Å². The molecule has 0 radical (unpaired) electrons. The van der Waals surface area contributed by atoms with Crippen LogP contribution in [0.15, 0.2) is 0 Å². The lowest BCUT2D eigenvalue weighted by Gasteiger charge is -2.23. The molecule has 0 bridgehead atoms. The predicted octanol–water partition coefficient (Wildman–Crippen LogP) is 3.30. The zero-order valence-corrected chi connectivity index (χ0v) is 10.5. The molecule has 2 unspecified atom stereocenters. The van der Waals surface area contributed by atoms with Gasteiger partial charge in [0.25, 0.3) is 0 Å². The minimum atomic E-state index is 0.827. The zero-order valence-electron chi connectivity index (χ0n) is 9.72. The van der Waals surface area contributed by atoms with Gasteiger partial charge in [-0.2, -0.15) is 11.8 Å².